The minimum Gasteiger partial charge on any atom is -0.493 e. The fraction of sp³-hybridized carbons (Fsp3) is 0.458. The average molecular weight is 426 g/mol. The summed E-state index contributed by atoms with van der Waals surface area (Å²) in [5.74, 6) is 2.58. The average Bonchev–Trinajstić information content (AvgIpc) is 3.23. The Morgan fingerprint density at radius 1 is 1.03 bits per heavy atom. The van der Waals surface area contributed by atoms with Crippen molar-refractivity contribution in [1.82, 2.24) is 15.1 Å². The molecule has 0 aromatic heterocycles. The van der Waals surface area contributed by atoms with Crippen molar-refractivity contribution < 1.29 is 19.0 Å². The fourth-order valence-corrected chi connectivity index (χ4v) is 3.99. The fourth-order valence-electron chi connectivity index (χ4n) is 3.99. The summed E-state index contributed by atoms with van der Waals surface area (Å²) in [6.45, 7) is 9.63. The van der Waals surface area contributed by atoms with Crippen LogP contribution in [0.5, 0.6) is 17.2 Å². The molecule has 0 spiro atoms. The highest BCUT2D eigenvalue weighted by Crippen LogP contribution is 2.32. The molecule has 2 aromatic carbocycles. The van der Waals surface area contributed by atoms with Crippen LogP contribution in [-0.4, -0.2) is 62.0 Å². The zero-order valence-electron chi connectivity index (χ0n) is 18.4. The summed E-state index contributed by atoms with van der Waals surface area (Å²) in [4.78, 5) is 16.7. The molecule has 0 saturated carbocycles. The van der Waals surface area contributed by atoms with Crippen molar-refractivity contribution in [2.75, 3.05) is 46.1 Å². The number of aryl methyl sites for hydroxylation is 2. The number of amides is 2. The summed E-state index contributed by atoms with van der Waals surface area (Å²) >= 11 is 0. The van der Waals surface area contributed by atoms with E-state index in [0.717, 1.165) is 67.5 Å². The van der Waals surface area contributed by atoms with Gasteiger partial charge in [0.2, 0.25) is 6.79 Å². The Morgan fingerprint density at radius 3 is 2.55 bits per heavy atom. The number of rotatable bonds is 7. The number of urea groups is 1. The molecule has 1 N–H and O–H groups in total. The minimum absolute atomic E-state index is 0.00908. The van der Waals surface area contributed by atoms with Crippen LogP contribution in [0.2, 0.25) is 0 Å². The molecule has 2 amide bonds. The molecule has 0 radical (unpaired) electrons. The lowest BCUT2D eigenvalue weighted by Crippen LogP contribution is -2.51. The summed E-state index contributed by atoms with van der Waals surface area (Å²) in [6, 6.07) is 12.2. The van der Waals surface area contributed by atoms with Gasteiger partial charge >= 0.3 is 6.03 Å². The molecule has 0 bridgehead atoms. The van der Waals surface area contributed by atoms with Gasteiger partial charge in [-0.3, -0.25) is 4.90 Å². The smallest absolute Gasteiger partial charge is 0.317 e. The quantitative estimate of drug-likeness (QED) is 0.690. The van der Waals surface area contributed by atoms with Crippen LogP contribution in [0.4, 0.5) is 4.79 Å². The SMILES string of the molecule is Cc1cccc(C)c1OCCCNC(=O)N1CCN(Cc2ccc3c(c2)OCO3)CC1. The monoisotopic (exact) mass is 425 g/mol. The summed E-state index contributed by atoms with van der Waals surface area (Å²) in [7, 11) is 0. The predicted molar refractivity (Wildman–Crippen MR) is 119 cm³/mol. The van der Waals surface area contributed by atoms with Crippen molar-refractivity contribution in [1.29, 1.82) is 0 Å². The Balaban J connectivity index is 1.13. The molecule has 1 fully saturated rings. The maximum absolute atomic E-state index is 12.5. The highest BCUT2D eigenvalue weighted by molar-refractivity contribution is 5.74. The number of para-hydroxylation sites is 1. The van der Waals surface area contributed by atoms with Crippen LogP contribution >= 0.6 is 0 Å². The van der Waals surface area contributed by atoms with Crippen molar-refractivity contribution in [2.24, 2.45) is 0 Å². The van der Waals surface area contributed by atoms with Crippen molar-refractivity contribution in [2.45, 2.75) is 26.8 Å². The molecule has 7 nitrogen and oxygen atoms in total. The van der Waals surface area contributed by atoms with Crippen molar-refractivity contribution in [3.05, 3.63) is 53.1 Å². The maximum atomic E-state index is 12.5. The van der Waals surface area contributed by atoms with Gasteiger partial charge in [-0.2, -0.15) is 0 Å². The molecular weight excluding hydrogens is 394 g/mol. The van der Waals surface area contributed by atoms with Gasteiger partial charge in [0.25, 0.3) is 0 Å². The summed E-state index contributed by atoms with van der Waals surface area (Å²) in [5, 5.41) is 3.02. The van der Waals surface area contributed by atoms with Crippen molar-refractivity contribution >= 4 is 6.03 Å². The van der Waals surface area contributed by atoms with Gasteiger partial charge in [0.1, 0.15) is 5.75 Å². The zero-order chi connectivity index (χ0) is 21.6. The number of nitrogens with zero attached hydrogens (tertiary/aromatic N) is 2. The molecule has 0 aliphatic carbocycles. The Morgan fingerprint density at radius 2 is 1.77 bits per heavy atom. The van der Waals surface area contributed by atoms with Crippen LogP contribution in [0.25, 0.3) is 0 Å². The number of nitrogens with one attached hydrogen (secondary N) is 1. The highest BCUT2D eigenvalue weighted by Gasteiger charge is 2.21. The second kappa shape index (κ2) is 9.92. The third-order valence-corrected chi connectivity index (χ3v) is 5.76. The van der Waals surface area contributed by atoms with Gasteiger partial charge in [-0.25, -0.2) is 4.79 Å². The van der Waals surface area contributed by atoms with Gasteiger partial charge in [0, 0.05) is 39.3 Å². The van der Waals surface area contributed by atoms with Gasteiger partial charge in [-0.05, 0) is 49.1 Å². The number of hydrogen-bond acceptors (Lipinski definition) is 5. The Hall–Kier alpha value is -2.93. The summed E-state index contributed by atoms with van der Waals surface area (Å²) < 4.78 is 16.7. The van der Waals surface area contributed by atoms with E-state index in [9.17, 15) is 4.79 Å². The third kappa shape index (κ3) is 5.41. The Labute approximate surface area is 183 Å². The standard InChI is InChI=1S/C24H31N3O4/c1-18-5-3-6-19(2)23(18)29-14-4-9-25-24(28)27-12-10-26(11-13-27)16-20-7-8-21-22(15-20)31-17-30-21/h3,5-8,15H,4,9-14,16-17H2,1-2H3,(H,25,28). The number of ether oxygens (including phenoxy) is 3. The van der Waals surface area contributed by atoms with Gasteiger partial charge in [-0.1, -0.05) is 24.3 Å². The Kier molecular flexibility index (Phi) is 6.82. The van der Waals surface area contributed by atoms with E-state index >= 15 is 0 Å². The van der Waals surface area contributed by atoms with E-state index in [-0.39, 0.29) is 6.03 Å². The topological polar surface area (TPSA) is 63.3 Å². The van der Waals surface area contributed by atoms with Gasteiger partial charge in [-0.15, -0.1) is 0 Å². The van der Waals surface area contributed by atoms with Crippen LogP contribution < -0.4 is 19.5 Å². The normalized spacial score (nSPS) is 15.7. The largest absolute Gasteiger partial charge is 0.493 e. The molecular formula is C24H31N3O4. The number of hydrogen-bond donors (Lipinski definition) is 1. The first-order valence-corrected chi connectivity index (χ1v) is 10.9. The number of benzene rings is 2. The second-order valence-electron chi connectivity index (χ2n) is 8.11. The van der Waals surface area contributed by atoms with Crippen LogP contribution in [0.3, 0.4) is 0 Å². The molecule has 2 aromatic rings. The van der Waals surface area contributed by atoms with Crippen LogP contribution in [0, 0.1) is 13.8 Å². The van der Waals surface area contributed by atoms with E-state index in [1.54, 1.807) is 0 Å². The van der Waals surface area contributed by atoms with Gasteiger partial charge in [0.05, 0.1) is 6.61 Å². The number of fused-ring (bicyclic) bond motifs is 1. The lowest BCUT2D eigenvalue weighted by molar-refractivity contribution is 0.135. The highest BCUT2D eigenvalue weighted by atomic mass is 16.7. The van der Waals surface area contributed by atoms with Crippen LogP contribution in [0.1, 0.15) is 23.1 Å². The molecule has 0 unspecified atom stereocenters. The van der Waals surface area contributed by atoms with E-state index in [4.69, 9.17) is 14.2 Å². The van der Waals surface area contributed by atoms with Crippen LogP contribution in [0.15, 0.2) is 36.4 Å². The predicted octanol–water partition coefficient (Wildman–Crippen LogP) is 3.33. The molecule has 2 aliphatic heterocycles. The van der Waals surface area contributed by atoms with Crippen molar-refractivity contribution in [3.63, 3.8) is 0 Å². The number of carbonyl (C=O) groups excluding carboxylic acids is 1. The Bertz CT molecular complexity index is 889. The molecule has 0 atom stereocenters. The number of carbonyl (C=O) groups is 1. The van der Waals surface area contributed by atoms with Crippen LogP contribution in [-0.2, 0) is 6.54 Å². The molecule has 4 rings (SSSR count). The van der Waals surface area contributed by atoms with E-state index in [2.05, 4.69) is 42.3 Å². The lowest BCUT2D eigenvalue weighted by atomic mass is 10.1. The zero-order valence-corrected chi connectivity index (χ0v) is 18.4. The maximum Gasteiger partial charge on any atom is 0.317 e. The molecule has 166 valence electrons. The van der Waals surface area contributed by atoms with E-state index in [0.29, 0.717) is 19.9 Å². The molecule has 7 heteroatoms. The first-order valence-electron chi connectivity index (χ1n) is 10.9. The molecule has 31 heavy (non-hydrogen) atoms. The molecule has 1 saturated heterocycles. The van der Waals surface area contributed by atoms with Crippen molar-refractivity contribution in [3.8, 4) is 17.2 Å². The molecule has 2 aliphatic rings. The summed E-state index contributed by atoms with van der Waals surface area (Å²) in [5.41, 5.74) is 3.48. The van der Waals surface area contributed by atoms with E-state index in [1.165, 1.54) is 5.56 Å². The second-order valence-corrected chi connectivity index (χ2v) is 8.11. The van der Waals surface area contributed by atoms with Gasteiger partial charge in [0.15, 0.2) is 11.5 Å². The first kappa shape index (κ1) is 21.3. The van der Waals surface area contributed by atoms with Gasteiger partial charge < -0.3 is 24.4 Å². The molecule has 2 heterocycles. The summed E-state index contributed by atoms with van der Waals surface area (Å²) in [6.07, 6.45) is 0.781. The number of piperazine rings is 1. The van der Waals surface area contributed by atoms with E-state index in [1.807, 2.05) is 23.1 Å². The third-order valence-electron chi connectivity index (χ3n) is 5.76. The lowest BCUT2D eigenvalue weighted by Gasteiger charge is -2.34. The first-order chi connectivity index (χ1) is 15.1. The minimum atomic E-state index is 0.00908. The van der Waals surface area contributed by atoms with E-state index < -0.39 is 0 Å².